The average Bonchev–Trinajstić information content (AvgIpc) is 3.01. The highest BCUT2D eigenvalue weighted by atomic mass is 16.3. The van der Waals surface area contributed by atoms with Gasteiger partial charge in [0.15, 0.2) is 0 Å². The van der Waals surface area contributed by atoms with Crippen LogP contribution in [0, 0.1) is 39.4 Å². The van der Waals surface area contributed by atoms with Gasteiger partial charge in [-0.05, 0) is 67.3 Å². The first kappa shape index (κ1) is 28.9. The summed E-state index contributed by atoms with van der Waals surface area (Å²) >= 11 is 0. The lowest BCUT2D eigenvalue weighted by atomic mass is 9.38. The zero-order chi connectivity index (χ0) is 27.8. The van der Waals surface area contributed by atoms with Crippen molar-refractivity contribution < 1.29 is 35.4 Å². The number of carbonyl (C=O) groups excluding carboxylic acids is 1. The van der Waals surface area contributed by atoms with Crippen LogP contribution in [0.3, 0.4) is 0 Å². The molecule has 4 aliphatic carbocycles. The molecule has 0 radical (unpaired) electrons. The van der Waals surface area contributed by atoms with Crippen molar-refractivity contribution in [1.29, 1.82) is 0 Å². The first-order valence-electron chi connectivity index (χ1n) is 13.9. The lowest BCUT2D eigenvalue weighted by molar-refractivity contribution is -0.185. The summed E-state index contributed by atoms with van der Waals surface area (Å²) in [5, 5.41) is 63.5. The number of carbonyl (C=O) groups is 1. The summed E-state index contributed by atoms with van der Waals surface area (Å²) in [6, 6.07) is 0. The van der Waals surface area contributed by atoms with Gasteiger partial charge in [0.25, 0.3) is 0 Å². The third kappa shape index (κ3) is 3.94. The molecule has 3 fully saturated rings. The molecule has 6 N–H and O–H groups in total. The Hall–Kier alpha value is -1.09. The molecule has 0 aromatic rings. The van der Waals surface area contributed by atoms with Gasteiger partial charge in [-0.2, -0.15) is 0 Å². The lowest BCUT2D eigenvalue weighted by Crippen LogP contribution is -2.65. The molecule has 0 heterocycles. The fourth-order valence-corrected chi connectivity index (χ4v) is 9.56. The van der Waals surface area contributed by atoms with Crippen LogP contribution in [0.2, 0.25) is 0 Å². The van der Waals surface area contributed by atoms with Crippen LogP contribution >= 0.6 is 0 Å². The predicted molar refractivity (Wildman–Crippen MR) is 140 cm³/mol. The number of rotatable bonds is 6. The number of Topliss-reactive ketones (excluding diaryl/α,β-unsaturated/α-hetero) is 1. The highest BCUT2D eigenvalue weighted by Crippen LogP contribution is 2.74. The van der Waals surface area contributed by atoms with E-state index in [1.165, 1.54) is 0 Å². The Labute approximate surface area is 221 Å². The fraction of sp³-hybridized carbons (Fsp3) is 0.833. The van der Waals surface area contributed by atoms with Crippen molar-refractivity contribution in [3.63, 3.8) is 0 Å². The molecule has 37 heavy (non-hydrogen) atoms. The molecule has 3 saturated carbocycles. The number of fused-ring (bicyclic) bond motifs is 5. The fourth-order valence-electron chi connectivity index (χ4n) is 9.56. The summed E-state index contributed by atoms with van der Waals surface area (Å²) in [7, 11) is 0. The van der Waals surface area contributed by atoms with Crippen molar-refractivity contribution in [2.45, 2.75) is 104 Å². The second-order valence-electron chi connectivity index (χ2n) is 14.0. The maximum atomic E-state index is 14.3. The summed E-state index contributed by atoms with van der Waals surface area (Å²) in [6.07, 6.45) is 3.87. The maximum Gasteiger partial charge on any atom is 0.140 e. The third-order valence-corrected chi connectivity index (χ3v) is 11.8. The molecule has 4 rings (SSSR count). The van der Waals surface area contributed by atoms with E-state index in [0.717, 1.165) is 5.57 Å². The smallest absolute Gasteiger partial charge is 0.140 e. The summed E-state index contributed by atoms with van der Waals surface area (Å²) in [5.41, 5.74) is -2.11. The Morgan fingerprint density at radius 1 is 1.05 bits per heavy atom. The second kappa shape index (κ2) is 9.24. The molecule has 0 aromatic heterocycles. The summed E-state index contributed by atoms with van der Waals surface area (Å²) in [4.78, 5) is 14.3. The number of ketones is 1. The zero-order valence-corrected chi connectivity index (χ0v) is 23.4. The van der Waals surface area contributed by atoms with E-state index in [-0.39, 0.29) is 37.3 Å². The van der Waals surface area contributed by atoms with E-state index in [1.807, 2.05) is 20.8 Å². The highest BCUT2D eigenvalue weighted by Gasteiger charge is 2.73. The maximum absolute atomic E-state index is 14.3. The number of aliphatic hydroxyl groups is 6. The summed E-state index contributed by atoms with van der Waals surface area (Å²) in [6.45, 7) is 11.4. The quantitative estimate of drug-likeness (QED) is 0.296. The lowest BCUT2D eigenvalue weighted by Gasteiger charge is -2.65. The van der Waals surface area contributed by atoms with Crippen LogP contribution in [-0.4, -0.2) is 73.5 Å². The predicted octanol–water partition coefficient (Wildman–Crippen LogP) is 2.52. The largest absolute Gasteiger partial charge is 0.393 e. The molecular weight excluding hydrogens is 472 g/mol. The van der Waals surface area contributed by atoms with Gasteiger partial charge in [0.1, 0.15) is 5.78 Å². The Balaban J connectivity index is 1.72. The van der Waals surface area contributed by atoms with Gasteiger partial charge in [0.2, 0.25) is 0 Å². The molecular formula is C30H48O7. The van der Waals surface area contributed by atoms with Gasteiger partial charge in [0, 0.05) is 23.2 Å². The normalized spacial score (nSPS) is 46.3. The van der Waals surface area contributed by atoms with Crippen molar-refractivity contribution in [2.24, 2.45) is 39.4 Å². The minimum Gasteiger partial charge on any atom is -0.393 e. The molecule has 0 aliphatic heterocycles. The van der Waals surface area contributed by atoms with Crippen molar-refractivity contribution in [3.05, 3.63) is 23.3 Å². The standard InChI is InChI=1S/C30H48O7/c1-26(2)18-9-10-22-27(3)13-21(34)24(29(5,37)11-7-8-17(15-31)16-32)28(27,4)14-23(35)30(22,6)19(18)12-20(33)25(26)36/h8-9,19-22,24-25,31-34,36-37H,7,10-16H2,1-6H3/t19-,20-,21-,22+,24+,25+,27+,28-,29+,30+/m1/s1. The molecule has 0 saturated heterocycles. The van der Waals surface area contributed by atoms with Gasteiger partial charge in [0.05, 0.1) is 37.1 Å². The van der Waals surface area contributed by atoms with Crippen molar-refractivity contribution >= 4 is 5.78 Å². The number of allylic oxidation sites excluding steroid dienone is 2. The Morgan fingerprint density at radius 2 is 1.68 bits per heavy atom. The van der Waals surface area contributed by atoms with Crippen molar-refractivity contribution in [3.8, 4) is 0 Å². The van der Waals surface area contributed by atoms with Crippen LogP contribution in [-0.2, 0) is 4.79 Å². The van der Waals surface area contributed by atoms with Crippen molar-refractivity contribution in [2.75, 3.05) is 13.2 Å². The van der Waals surface area contributed by atoms with Gasteiger partial charge in [-0.1, -0.05) is 52.3 Å². The van der Waals surface area contributed by atoms with E-state index in [4.69, 9.17) is 0 Å². The van der Waals surface area contributed by atoms with Gasteiger partial charge < -0.3 is 30.6 Å². The van der Waals surface area contributed by atoms with Gasteiger partial charge in [-0.25, -0.2) is 0 Å². The van der Waals surface area contributed by atoms with Gasteiger partial charge >= 0.3 is 0 Å². The number of aliphatic hydroxyl groups excluding tert-OH is 5. The van der Waals surface area contributed by atoms with E-state index in [9.17, 15) is 35.4 Å². The van der Waals surface area contributed by atoms with Crippen LogP contribution < -0.4 is 0 Å². The van der Waals surface area contributed by atoms with Crippen LogP contribution in [0.4, 0.5) is 0 Å². The molecule has 0 amide bonds. The van der Waals surface area contributed by atoms with Gasteiger partial charge in [-0.3, -0.25) is 4.79 Å². The van der Waals surface area contributed by atoms with Crippen LogP contribution in [0.15, 0.2) is 23.3 Å². The van der Waals surface area contributed by atoms with E-state index in [0.29, 0.717) is 37.7 Å². The molecule has 210 valence electrons. The minimum absolute atomic E-state index is 0.0658. The van der Waals surface area contributed by atoms with Crippen LogP contribution in [0.25, 0.3) is 0 Å². The topological polar surface area (TPSA) is 138 Å². The zero-order valence-electron chi connectivity index (χ0n) is 23.4. The highest BCUT2D eigenvalue weighted by molar-refractivity contribution is 5.88. The first-order valence-corrected chi connectivity index (χ1v) is 13.9. The minimum atomic E-state index is -1.25. The van der Waals surface area contributed by atoms with Gasteiger partial charge in [-0.15, -0.1) is 0 Å². The Bertz CT molecular complexity index is 976. The van der Waals surface area contributed by atoms with E-state index in [1.54, 1.807) is 13.0 Å². The Morgan fingerprint density at radius 3 is 2.27 bits per heavy atom. The Kier molecular flexibility index (Phi) is 7.22. The van der Waals surface area contributed by atoms with Crippen LogP contribution in [0.5, 0.6) is 0 Å². The molecule has 0 aromatic carbocycles. The SMILES string of the molecule is CC1(C)C2=CC[C@@H]3[C@@](C)(C(=O)C[C@]4(C)[C@@H]([C@@](C)(O)CCC=C(CO)CO)[C@H](O)C[C@@]34C)[C@@H]2C[C@@H](O)[C@@H]1O. The molecule has 0 bridgehead atoms. The third-order valence-electron chi connectivity index (χ3n) is 11.8. The molecule has 0 unspecified atom stereocenters. The van der Waals surface area contributed by atoms with Crippen LogP contribution in [0.1, 0.15) is 80.1 Å². The number of hydrogen-bond acceptors (Lipinski definition) is 7. The van der Waals surface area contributed by atoms with E-state index < -0.39 is 51.5 Å². The average molecular weight is 521 g/mol. The van der Waals surface area contributed by atoms with E-state index >= 15 is 0 Å². The first-order chi connectivity index (χ1) is 17.0. The summed E-state index contributed by atoms with van der Waals surface area (Å²) in [5.74, 6) is -0.640. The monoisotopic (exact) mass is 520 g/mol. The molecule has 4 aliphatic rings. The molecule has 7 heteroatoms. The van der Waals surface area contributed by atoms with Crippen molar-refractivity contribution in [1.82, 2.24) is 0 Å². The molecule has 7 nitrogen and oxygen atoms in total. The van der Waals surface area contributed by atoms with E-state index in [2.05, 4.69) is 19.9 Å². The molecule has 10 atom stereocenters. The second-order valence-corrected chi connectivity index (χ2v) is 14.0. The molecule has 0 spiro atoms. The summed E-state index contributed by atoms with van der Waals surface area (Å²) < 4.78 is 0. The number of hydrogen-bond donors (Lipinski definition) is 6.